The molecule has 1 saturated carbocycles. The lowest BCUT2D eigenvalue weighted by atomic mass is 10.3. The van der Waals surface area contributed by atoms with Gasteiger partial charge in [0, 0.05) is 17.2 Å². The summed E-state index contributed by atoms with van der Waals surface area (Å²) in [5, 5.41) is 2.77. The van der Waals surface area contributed by atoms with Gasteiger partial charge in [0.15, 0.2) is 6.61 Å². The summed E-state index contributed by atoms with van der Waals surface area (Å²) in [5.41, 5.74) is 0. The van der Waals surface area contributed by atoms with Gasteiger partial charge in [-0.25, -0.2) is 8.42 Å². The Hall–Kier alpha value is -1.27. The molecule has 19 heavy (non-hydrogen) atoms. The molecule has 0 aromatic heterocycles. The summed E-state index contributed by atoms with van der Waals surface area (Å²) in [7, 11) is 1.46. The number of rotatable bonds is 6. The first-order valence-electron chi connectivity index (χ1n) is 5.89. The van der Waals surface area contributed by atoms with Gasteiger partial charge in [-0.3, -0.25) is 4.79 Å². The summed E-state index contributed by atoms with van der Waals surface area (Å²) < 4.78 is 27.3. The predicted molar refractivity (Wildman–Crippen MR) is 70.7 cm³/mol. The van der Waals surface area contributed by atoms with Gasteiger partial charge in [-0.1, -0.05) is 0 Å². The standard InChI is InChI=1S/C12H14ClNO4S/c13-19(16,17)11-5-3-10(4-6-11)18-8-12(15)14-7-9-1-2-9/h3-6,9H,1-2,7-8H2,(H,14,15). The highest BCUT2D eigenvalue weighted by Gasteiger charge is 2.21. The summed E-state index contributed by atoms with van der Waals surface area (Å²) in [4.78, 5) is 11.4. The highest BCUT2D eigenvalue weighted by molar-refractivity contribution is 8.13. The summed E-state index contributed by atoms with van der Waals surface area (Å²) in [6.07, 6.45) is 2.35. The molecule has 1 amide bonds. The quantitative estimate of drug-likeness (QED) is 0.809. The van der Waals surface area contributed by atoms with Crippen LogP contribution in [-0.4, -0.2) is 27.5 Å². The summed E-state index contributed by atoms with van der Waals surface area (Å²) in [5.74, 6) is 0.865. The van der Waals surface area contributed by atoms with E-state index >= 15 is 0 Å². The molecule has 7 heteroatoms. The molecule has 0 radical (unpaired) electrons. The van der Waals surface area contributed by atoms with Crippen LogP contribution in [-0.2, 0) is 13.8 Å². The maximum Gasteiger partial charge on any atom is 0.261 e. The van der Waals surface area contributed by atoms with E-state index in [0.29, 0.717) is 18.2 Å². The van der Waals surface area contributed by atoms with Crippen molar-refractivity contribution in [1.29, 1.82) is 0 Å². The highest BCUT2D eigenvalue weighted by atomic mass is 35.7. The summed E-state index contributed by atoms with van der Waals surface area (Å²) in [6.45, 7) is 0.616. The fraction of sp³-hybridized carbons (Fsp3) is 0.417. The SMILES string of the molecule is O=C(COc1ccc(S(=O)(=O)Cl)cc1)NCC1CC1. The average molecular weight is 304 g/mol. The first kappa shape index (κ1) is 14.1. The van der Waals surface area contributed by atoms with Crippen molar-refractivity contribution < 1.29 is 17.9 Å². The Balaban J connectivity index is 1.80. The largest absolute Gasteiger partial charge is 0.484 e. The van der Waals surface area contributed by atoms with Crippen molar-refractivity contribution in [2.75, 3.05) is 13.2 Å². The van der Waals surface area contributed by atoms with Crippen molar-refractivity contribution in [2.45, 2.75) is 17.7 Å². The fourth-order valence-corrected chi connectivity index (χ4v) is 2.25. The van der Waals surface area contributed by atoms with Crippen LogP contribution >= 0.6 is 10.7 Å². The zero-order valence-electron chi connectivity index (χ0n) is 10.1. The van der Waals surface area contributed by atoms with Crippen molar-refractivity contribution in [3.63, 3.8) is 0 Å². The lowest BCUT2D eigenvalue weighted by Crippen LogP contribution is -2.30. The van der Waals surface area contributed by atoms with Gasteiger partial charge in [-0.15, -0.1) is 0 Å². The van der Waals surface area contributed by atoms with Crippen LogP contribution in [0.3, 0.4) is 0 Å². The smallest absolute Gasteiger partial charge is 0.261 e. The first-order valence-corrected chi connectivity index (χ1v) is 8.20. The van der Waals surface area contributed by atoms with E-state index in [1.165, 1.54) is 37.1 Å². The van der Waals surface area contributed by atoms with Gasteiger partial charge in [-0.2, -0.15) is 0 Å². The Bertz CT molecular complexity index is 552. The molecule has 1 aromatic carbocycles. The van der Waals surface area contributed by atoms with Gasteiger partial charge < -0.3 is 10.1 Å². The van der Waals surface area contributed by atoms with Gasteiger partial charge in [0.1, 0.15) is 5.75 Å². The minimum absolute atomic E-state index is 0.000276. The Morgan fingerprint density at radius 2 is 1.95 bits per heavy atom. The number of carbonyl (C=O) groups excluding carboxylic acids is 1. The van der Waals surface area contributed by atoms with Crippen LogP contribution in [0, 0.1) is 5.92 Å². The fourth-order valence-electron chi connectivity index (χ4n) is 1.48. The first-order chi connectivity index (χ1) is 8.95. The van der Waals surface area contributed by atoms with Crippen molar-refractivity contribution in [3.8, 4) is 5.75 Å². The molecule has 0 heterocycles. The molecule has 0 unspecified atom stereocenters. The summed E-state index contributed by atoms with van der Waals surface area (Å²) >= 11 is 0. The van der Waals surface area contributed by atoms with Crippen molar-refractivity contribution in [3.05, 3.63) is 24.3 Å². The second-order valence-corrected chi connectivity index (χ2v) is 7.01. The second-order valence-electron chi connectivity index (χ2n) is 4.45. The van der Waals surface area contributed by atoms with Crippen LogP contribution in [0.15, 0.2) is 29.2 Å². The molecule has 104 valence electrons. The van der Waals surface area contributed by atoms with Crippen LogP contribution in [0.2, 0.25) is 0 Å². The Morgan fingerprint density at radius 1 is 1.32 bits per heavy atom. The van der Waals surface area contributed by atoms with Crippen molar-refractivity contribution >= 4 is 25.6 Å². The van der Waals surface area contributed by atoms with E-state index in [1.807, 2.05) is 0 Å². The molecule has 2 rings (SSSR count). The lowest BCUT2D eigenvalue weighted by Gasteiger charge is -2.07. The number of hydrogen-bond donors (Lipinski definition) is 1. The predicted octanol–water partition coefficient (Wildman–Crippen LogP) is 1.52. The number of nitrogens with one attached hydrogen (secondary N) is 1. The van der Waals surface area contributed by atoms with Crippen LogP contribution < -0.4 is 10.1 Å². The molecular weight excluding hydrogens is 290 g/mol. The molecule has 0 aliphatic heterocycles. The zero-order chi connectivity index (χ0) is 13.9. The molecule has 0 atom stereocenters. The third-order valence-electron chi connectivity index (χ3n) is 2.76. The third-order valence-corrected chi connectivity index (χ3v) is 4.13. The number of halogens is 1. The average Bonchev–Trinajstić information content (AvgIpc) is 3.17. The van der Waals surface area contributed by atoms with Crippen LogP contribution in [0.1, 0.15) is 12.8 Å². The van der Waals surface area contributed by atoms with E-state index in [0.717, 1.165) is 0 Å². The van der Waals surface area contributed by atoms with Crippen LogP contribution in [0.4, 0.5) is 0 Å². The minimum Gasteiger partial charge on any atom is -0.484 e. The molecular formula is C12H14ClNO4S. The normalized spacial score (nSPS) is 15.0. The number of amides is 1. The van der Waals surface area contributed by atoms with E-state index in [9.17, 15) is 13.2 Å². The highest BCUT2D eigenvalue weighted by Crippen LogP contribution is 2.27. The maximum absolute atomic E-state index is 11.4. The topological polar surface area (TPSA) is 72.5 Å². The van der Waals surface area contributed by atoms with Gasteiger partial charge in [-0.05, 0) is 43.0 Å². The molecule has 0 bridgehead atoms. The van der Waals surface area contributed by atoms with E-state index < -0.39 is 9.05 Å². The maximum atomic E-state index is 11.4. The third kappa shape index (κ3) is 4.72. The van der Waals surface area contributed by atoms with Gasteiger partial charge in [0.2, 0.25) is 0 Å². The number of hydrogen-bond acceptors (Lipinski definition) is 4. The van der Waals surface area contributed by atoms with Crippen molar-refractivity contribution in [2.24, 2.45) is 5.92 Å². The monoisotopic (exact) mass is 303 g/mol. The lowest BCUT2D eigenvalue weighted by molar-refractivity contribution is -0.123. The number of carbonyl (C=O) groups is 1. The van der Waals surface area contributed by atoms with Gasteiger partial charge in [0.25, 0.3) is 15.0 Å². The molecule has 1 fully saturated rings. The number of ether oxygens (including phenoxy) is 1. The second kappa shape index (κ2) is 5.79. The van der Waals surface area contributed by atoms with E-state index in [-0.39, 0.29) is 17.4 Å². The zero-order valence-corrected chi connectivity index (χ0v) is 11.7. The van der Waals surface area contributed by atoms with E-state index in [1.54, 1.807) is 0 Å². The molecule has 1 aromatic rings. The Morgan fingerprint density at radius 3 is 2.47 bits per heavy atom. The van der Waals surface area contributed by atoms with Crippen LogP contribution in [0.25, 0.3) is 0 Å². The molecule has 5 nitrogen and oxygen atoms in total. The molecule has 0 spiro atoms. The van der Waals surface area contributed by atoms with E-state index in [4.69, 9.17) is 15.4 Å². The molecule has 0 saturated heterocycles. The Kier molecular flexibility index (Phi) is 4.31. The van der Waals surface area contributed by atoms with Crippen LogP contribution in [0.5, 0.6) is 5.75 Å². The minimum atomic E-state index is -3.72. The summed E-state index contributed by atoms with van der Waals surface area (Å²) in [6, 6.07) is 5.59. The molecule has 1 aliphatic rings. The molecule has 1 aliphatic carbocycles. The van der Waals surface area contributed by atoms with Gasteiger partial charge in [0.05, 0.1) is 4.90 Å². The number of benzene rings is 1. The van der Waals surface area contributed by atoms with Crippen molar-refractivity contribution in [1.82, 2.24) is 5.32 Å². The van der Waals surface area contributed by atoms with Gasteiger partial charge >= 0.3 is 0 Å². The Labute approximate surface area is 116 Å². The van der Waals surface area contributed by atoms with E-state index in [2.05, 4.69) is 5.32 Å². The molecule has 1 N–H and O–H groups in total.